The van der Waals surface area contributed by atoms with Gasteiger partial charge in [0.05, 0.1) is 12.8 Å². The van der Waals surface area contributed by atoms with Gasteiger partial charge in [-0.1, -0.05) is 31.9 Å². The minimum absolute atomic E-state index is 0.158. The molecule has 0 atom stereocenters. The Morgan fingerprint density at radius 3 is 2.43 bits per heavy atom. The number of amides is 1. The molecule has 2 rings (SSSR count). The van der Waals surface area contributed by atoms with Crippen LogP contribution in [0.25, 0.3) is 0 Å². The first-order valence-corrected chi connectivity index (χ1v) is 7.92. The number of halogens is 2. The van der Waals surface area contributed by atoms with Crippen LogP contribution in [0.2, 0.25) is 0 Å². The summed E-state index contributed by atoms with van der Waals surface area (Å²) in [7, 11) is 1.58. The van der Waals surface area contributed by atoms with Crippen LogP contribution in [0.1, 0.15) is 21.5 Å². The normalized spacial score (nSPS) is 10.3. The molecule has 0 spiro atoms. The van der Waals surface area contributed by atoms with Crippen LogP contribution >= 0.6 is 31.9 Å². The predicted molar refractivity (Wildman–Crippen MR) is 92.3 cm³/mol. The van der Waals surface area contributed by atoms with Gasteiger partial charge in [0, 0.05) is 14.5 Å². The zero-order valence-corrected chi connectivity index (χ0v) is 15.1. The number of benzene rings is 2. The van der Waals surface area contributed by atoms with E-state index in [1.807, 2.05) is 38.1 Å². The van der Waals surface area contributed by atoms with Crippen molar-refractivity contribution in [2.75, 3.05) is 12.4 Å². The van der Waals surface area contributed by atoms with Crippen LogP contribution in [0.3, 0.4) is 0 Å². The number of methoxy groups -OCH3 is 1. The summed E-state index contributed by atoms with van der Waals surface area (Å²) in [4.78, 5) is 12.4. The van der Waals surface area contributed by atoms with Crippen molar-refractivity contribution in [3.63, 3.8) is 0 Å². The second kappa shape index (κ2) is 6.62. The minimum atomic E-state index is -0.158. The number of carbonyl (C=O) groups excluding carboxylic acids is 1. The molecular formula is C16H15Br2NO2. The highest BCUT2D eigenvalue weighted by molar-refractivity contribution is 9.10. The Hall–Kier alpha value is -1.33. The largest absolute Gasteiger partial charge is 0.495 e. The second-order valence-corrected chi connectivity index (χ2v) is 6.49. The van der Waals surface area contributed by atoms with Crippen molar-refractivity contribution >= 4 is 43.5 Å². The molecule has 3 nitrogen and oxygen atoms in total. The number of ether oxygens (including phenoxy) is 1. The summed E-state index contributed by atoms with van der Waals surface area (Å²) in [5.41, 5.74) is 3.25. The van der Waals surface area contributed by atoms with Crippen molar-refractivity contribution in [3.05, 3.63) is 56.0 Å². The van der Waals surface area contributed by atoms with E-state index >= 15 is 0 Å². The maximum absolute atomic E-state index is 12.4. The molecule has 5 heteroatoms. The van der Waals surface area contributed by atoms with Gasteiger partial charge in [-0.2, -0.15) is 0 Å². The molecule has 1 amide bonds. The summed E-state index contributed by atoms with van der Waals surface area (Å²) in [5, 5.41) is 2.92. The fourth-order valence-electron chi connectivity index (χ4n) is 2.01. The number of aryl methyl sites for hydroxylation is 2. The summed E-state index contributed by atoms with van der Waals surface area (Å²) in [6.07, 6.45) is 0. The van der Waals surface area contributed by atoms with E-state index in [9.17, 15) is 4.79 Å². The zero-order chi connectivity index (χ0) is 15.6. The Kier molecular flexibility index (Phi) is 5.06. The van der Waals surface area contributed by atoms with Crippen molar-refractivity contribution < 1.29 is 9.53 Å². The number of anilines is 1. The van der Waals surface area contributed by atoms with Crippen LogP contribution in [0.4, 0.5) is 5.69 Å². The molecule has 0 radical (unpaired) electrons. The lowest BCUT2D eigenvalue weighted by molar-refractivity contribution is 0.102. The highest BCUT2D eigenvalue weighted by Gasteiger charge is 2.13. The van der Waals surface area contributed by atoms with Crippen molar-refractivity contribution in [1.82, 2.24) is 0 Å². The number of rotatable bonds is 3. The molecule has 2 aromatic rings. The average Bonchev–Trinajstić information content (AvgIpc) is 2.44. The molecule has 0 saturated heterocycles. The molecule has 0 aliphatic carbocycles. The van der Waals surface area contributed by atoms with Gasteiger partial charge in [0.2, 0.25) is 0 Å². The van der Waals surface area contributed by atoms with E-state index in [2.05, 4.69) is 37.2 Å². The fourth-order valence-corrected chi connectivity index (χ4v) is 2.80. The molecular weight excluding hydrogens is 398 g/mol. The summed E-state index contributed by atoms with van der Waals surface area (Å²) in [6, 6.07) is 9.27. The molecule has 0 aliphatic heterocycles. The van der Waals surface area contributed by atoms with E-state index in [1.54, 1.807) is 13.2 Å². The molecule has 0 heterocycles. The van der Waals surface area contributed by atoms with Gasteiger partial charge in [-0.15, -0.1) is 0 Å². The Morgan fingerprint density at radius 2 is 1.81 bits per heavy atom. The number of hydrogen-bond acceptors (Lipinski definition) is 2. The molecule has 21 heavy (non-hydrogen) atoms. The molecule has 0 bridgehead atoms. The van der Waals surface area contributed by atoms with Crippen molar-refractivity contribution in [1.29, 1.82) is 0 Å². The Bertz CT molecular complexity index is 699. The number of nitrogens with one attached hydrogen (secondary N) is 1. The molecule has 0 saturated carbocycles. The monoisotopic (exact) mass is 411 g/mol. The van der Waals surface area contributed by atoms with E-state index in [4.69, 9.17) is 4.74 Å². The van der Waals surface area contributed by atoms with Gasteiger partial charge in [0.15, 0.2) is 0 Å². The quantitative estimate of drug-likeness (QED) is 0.762. The first kappa shape index (κ1) is 16.0. The lowest BCUT2D eigenvalue weighted by atomic mass is 10.1. The van der Waals surface area contributed by atoms with Crippen LogP contribution in [-0.4, -0.2) is 13.0 Å². The lowest BCUT2D eigenvalue weighted by Crippen LogP contribution is -2.14. The predicted octanol–water partition coefficient (Wildman–Crippen LogP) is 5.09. The third-order valence-electron chi connectivity index (χ3n) is 3.14. The van der Waals surface area contributed by atoms with E-state index in [1.165, 1.54) is 0 Å². The molecule has 0 aliphatic rings. The molecule has 0 unspecified atom stereocenters. The Balaban J connectivity index is 2.33. The van der Waals surface area contributed by atoms with Gasteiger partial charge in [-0.3, -0.25) is 4.79 Å². The number of hydrogen-bond donors (Lipinski definition) is 1. The third-order valence-corrected chi connectivity index (χ3v) is 4.49. The van der Waals surface area contributed by atoms with Crippen LogP contribution in [0.5, 0.6) is 5.75 Å². The van der Waals surface area contributed by atoms with Crippen LogP contribution in [0, 0.1) is 13.8 Å². The van der Waals surface area contributed by atoms with E-state index in [0.29, 0.717) is 17.0 Å². The SMILES string of the molecule is COc1cc(Br)cc(C)c1NC(=O)c1ccc(Br)c(C)c1. The van der Waals surface area contributed by atoms with Crippen LogP contribution < -0.4 is 10.1 Å². The van der Waals surface area contributed by atoms with Crippen LogP contribution in [-0.2, 0) is 0 Å². The van der Waals surface area contributed by atoms with Gasteiger partial charge >= 0.3 is 0 Å². The van der Waals surface area contributed by atoms with Crippen molar-refractivity contribution in [2.45, 2.75) is 13.8 Å². The summed E-state index contributed by atoms with van der Waals surface area (Å²) in [5.74, 6) is 0.471. The maximum Gasteiger partial charge on any atom is 0.255 e. The van der Waals surface area contributed by atoms with Gasteiger partial charge in [-0.05, 0) is 55.3 Å². The average molecular weight is 413 g/mol. The fraction of sp³-hybridized carbons (Fsp3) is 0.188. The molecule has 1 N–H and O–H groups in total. The zero-order valence-electron chi connectivity index (χ0n) is 12.0. The smallest absolute Gasteiger partial charge is 0.255 e. The Labute approximate surface area is 141 Å². The summed E-state index contributed by atoms with van der Waals surface area (Å²) >= 11 is 6.85. The van der Waals surface area contributed by atoms with Crippen molar-refractivity contribution in [2.24, 2.45) is 0 Å². The van der Waals surface area contributed by atoms with Gasteiger partial charge in [-0.25, -0.2) is 0 Å². The second-order valence-electron chi connectivity index (χ2n) is 4.72. The summed E-state index contributed by atoms with van der Waals surface area (Å²) in [6.45, 7) is 3.88. The van der Waals surface area contributed by atoms with E-state index < -0.39 is 0 Å². The van der Waals surface area contributed by atoms with E-state index in [0.717, 1.165) is 20.1 Å². The van der Waals surface area contributed by atoms with Crippen molar-refractivity contribution in [3.8, 4) is 5.75 Å². The van der Waals surface area contributed by atoms with Crippen LogP contribution in [0.15, 0.2) is 39.3 Å². The van der Waals surface area contributed by atoms with Gasteiger partial charge in [0.25, 0.3) is 5.91 Å². The first-order valence-electron chi connectivity index (χ1n) is 6.34. The highest BCUT2D eigenvalue weighted by atomic mass is 79.9. The lowest BCUT2D eigenvalue weighted by Gasteiger charge is -2.14. The topological polar surface area (TPSA) is 38.3 Å². The van der Waals surface area contributed by atoms with E-state index in [-0.39, 0.29) is 5.91 Å². The van der Waals surface area contributed by atoms with Gasteiger partial charge in [0.1, 0.15) is 5.75 Å². The Morgan fingerprint density at radius 1 is 1.10 bits per heavy atom. The standard InChI is InChI=1S/C16H15Br2NO2/c1-9-6-11(4-5-13(9)18)16(20)19-15-10(2)7-12(17)8-14(15)21-3/h4-8H,1-3H3,(H,19,20). The highest BCUT2D eigenvalue weighted by Crippen LogP contribution is 2.32. The molecule has 0 fully saturated rings. The summed E-state index contributed by atoms with van der Waals surface area (Å²) < 4.78 is 7.23. The molecule has 0 aromatic heterocycles. The maximum atomic E-state index is 12.4. The minimum Gasteiger partial charge on any atom is -0.495 e. The molecule has 2 aromatic carbocycles. The first-order chi connectivity index (χ1) is 9.92. The van der Waals surface area contributed by atoms with Gasteiger partial charge < -0.3 is 10.1 Å². The number of carbonyl (C=O) groups is 1. The third kappa shape index (κ3) is 3.66. The molecule has 110 valence electrons.